The topological polar surface area (TPSA) is 111 Å². The molecule has 0 bridgehead atoms. The van der Waals surface area contributed by atoms with Crippen LogP contribution in [0.3, 0.4) is 0 Å². The molecule has 164 valence electrons. The number of aromatic nitrogens is 4. The molecule has 0 fully saturated rings. The third-order valence-electron chi connectivity index (χ3n) is 4.37. The van der Waals surface area contributed by atoms with Gasteiger partial charge in [-0.05, 0) is 43.6 Å². The molecule has 2 N–H and O–H groups in total. The van der Waals surface area contributed by atoms with Gasteiger partial charge in [-0.25, -0.2) is 23.1 Å². The second-order valence-corrected chi connectivity index (χ2v) is 7.31. The summed E-state index contributed by atoms with van der Waals surface area (Å²) in [6, 6.07) is 4.68. The van der Waals surface area contributed by atoms with Gasteiger partial charge in [-0.3, -0.25) is 4.79 Å². The molecule has 4 rings (SSSR count). The third-order valence-corrected chi connectivity index (χ3v) is 5.23. The maximum Gasteiger partial charge on any atom is 0.343 e. The van der Waals surface area contributed by atoms with E-state index in [0.29, 0.717) is 16.5 Å². The first-order valence-electron chi connectivity index (χ1n) is 9.38. The second kappa shape index (κ2) is 8.67. The van der Waals surface area contributed by atoms with Crippen LogP contribution in [0.15, 0.2) is 36.7 Å². The number of carbonyl (C=O) groups excluding carboxylic acids is 2. The van der Waals surface area contributed by atoms with Gasteiger partial charge in [0.1, 0.15) is 16.4 Å². The highest BCUT2D eigenvalue weighted by Gasteiger charge is 2.21. The van der Waals surface area contributed by atoms with E-state index in [9.17, 15) is 18.4 Å². The van der Waals surface area contributed by atoms with Crippen LogP contribution in [0.25, 0.3) is 5.65 Å². The summed E-state index contributed by atoms with van der Waals surface area (Å²) in [4.78, 5) is 29.3. The molecular weight excluding hydrogens is 442 g/mol. The molecule has 0 saturated heterocycles. The number of carbonyl (C=O) groups is 2. The Hall–Kier alpha value is -3.93. The molecule has 1 aromatic carbocycles. The van der Waals surface area contributed by atoms with E-state index in [-0.39, 0.29) is 29.1 Å². The number of aryl methyl sites for hydroxylation is 1. The molecular formula is C20H16F2N6O3S. The van der Waals surface area contributed by atoms with Crippen LogP contribution < -0.4 is 10.6 Å². The van der Waals surface area contributed by atoms with E-state index in [1.54, 1.807) is 26.1 Å². The summed E-state index contributed by atoms with van der Waals surface area (Å²) < 4.78 is 37.2. The van der Waals surface area contributed by atoms with Crippen molar-refractivity contribution < 1.29 is 23.1 Å². The first-order valence-corrected chi connectivity index (χ1v) is 10.2. The molecule has 0 radical (unpaired) electrons. The fraction of sp³-hybridized carbons (Fsp3) is 0.150. The van der Waals surface area contributed by atoms with Crippen molar-refractivity contribution in [2.75, 3.05) is 17.2 Å². The number of nitrogens with one attached hydrogen (secondary N) is 2. The lowest BCUT2D eigenvalue weighted by Crippen LogP contribution is -2.14. The lowest BCUT2D eigenvalue weighted by atomic mass is 10.2. The van der Waals surface area contributed by atoms with E-state index < -0.39 is 23.5 Å². The van der Waals surface area contributed by atoms with Crippen molar-refractivity contribution in [1.29, 1.82) is 0 Å². The summed E-state index contributed by atoms with van der Waals surface area (Å²) in [7, 11) is 0. The number of benzene rings is 1. The molecule has 9 nitrogen and oxygen atoms in total. The van der Waals surface area contributed by atoms with Gasteiger partial charge in [0.05, 0.1) is 24.1 Å². The van der Waals surface area contributed by atoms with Crippen LogP contribution in [0, 0.1) is 18.6 Å². The van der Waals surface area contributed by atoms with E-state index in [1.165, 1.54) is 16.8 Å². The van der Waals surface area contributed by atoms with Gasteiger partial charge in [0.2, 0.25) is 0 Å². The minimum absolute atomic E-state index is 0.100. The minimum Gasteiger partial charge on any atom is -0.462 e. The molecule has 32 heavy (non-hydrogen) atoms. The summed E-state index contributed by atoms with van der Waals surface area (Å²) in [5.74, 6) is -2.84. The third kappa shape index (κ3) is 4.12. The largest absolute Gasteiger partial charge is 0.462 e. The van der Waals surface area contributed by atoms with Gasteiger partial charge in [-0.15, -0.1) is 0 Å². The Morgan fingerprint density at radius 2 is 2.03 bits per heavy atom. The van der Waals surface area contributed by atoms with Gasteiger partial charge in [-0.1, -0.05) is 0 Å². The number of nitrogens with zero attached hydrogens (tertiary/aromatic N) is 4. The number of rotatable bonds is 6. The zero-order chi connectivity index (χ0) is 22.8. The zero-order valence-corrected chi connectivity index (χ0v) is 17.7. The van der Waals surface area contributed by atoms with Gasteiger partial charge >= 0.3 is 5.97 Å². The second-order valence-electron chi connectivity index (χ2n) is 6.54. The lowest BCUT2D eigenvalue weighted by Gasteiger charge is -2.09. The van der Waals surface area contributed by atoms with Gasteiger partial charge in [-0.2, -0.15) is 9.47 Å². The number of ether oxygens (including phenoxy) is 1. The Balaban J connectivity index is 1.61. The van der Waals surface area contributed by atoms with Gasteiger partial charge in [0.25, 0.3) is 5.91 Å². The molecule has 0 aliphatic carbocycles. The van der Waals surface area contributed by atoms with E-state index in [0.717, 1.165) is 23.7 Å². The van der Waals surface area contributed by atoms with Crippen molar-refractivity contribution in [2.24, 2.45) is 0 Å². The number of hydrogen-bond acceptors (Lipinski definition) is 8. The zero-order valence-electron chi connectivity index (χ0n) is 16.8. The highest BCUT2D eigenvalue weighted by Crippen LogP contribution is 2.29. The number of anilines is 3. The average molecular weight is 458 g/mol. The van der Waals surface area contributed by atoms with Crippen LogP contribution in [0.4, 0.5) is 25.3 Å². The maximum atomic E-state index is 13.5. The number of halogens is 2. The van der Waals surface area contributed by atoms with Crippen LogP contribution in [-0.2, 0) is 4.74 Å². The quantitative estimate of drug-likeness (QED) is 0.421. The Bertz CT molecular complexity index is 1340. The summed E-state index contributed by atoms with van der Waals surface area (Å²) in [6.45, 7) is 3.56. The molecule has 4 aromatic rings. The Morgan fingerprint density at radius 1 is 1.22 bits per heavy atom. The Kier molecular flexibility index (Phi) is 5.77. The van der Waals surface area contributed by atoms with Crippen molar-refractivity contribution in [2.45, 2.75) is 13.8 Å². The molecule has 12 heteroatoms. The molecule has 0 aliphatic rings. The van der Waals surface area contributed by atoms with Crippen molar-refractivity contribution >= 4 is 45.6 Å². The lowest BCUT2D eigenvalue weighted by molar-refractivity contribution is 0.0528. The Morgan fingerprint density at radius 3 is 2.78 bits per heavy atom. The standard InChI is InChI=1S/C20H16F2N6O3S/c1-3-31-20(30)12-9-23-28-7-6-15(25-17(12)28)26-19-16(10(2)27-32-19)18(29)24-11-4-5-13(21)14(22)8-11/h4-9H,3H2,1-2H3,(H,24,29)(H,25,26). The highest BCUT2D eigenvalue weighted by molar-refractivity contribution is 7.10. The summed E-state index contributed by atoms with van der Waals surface area (Å²) in [5.41, 5.74) is 1.24. The summed E-state index contributed by atoms with van der Waals surface area (Å²) >= 11 is 1.03. The molecule has 0 aliphatic heterocycles. The number of fused-ring (bicyclic) bond motifs is 1. The molecule has 0 saturated carbocycles. The van der Waals surface area contributed by atoms with Gasteiger partial charge in [0.15, 0.2) is 17.3 Å². The average Bonchev–Trinajstić information content (AvgIpc) is 3.34. The van der Waals surface area contributed by atoms with Crippen LogP contribution in [0.1, 0.15) is 33.3 Å². The van der Waals surface area contributed by atoms with Crippen LogP contribution in [0.5, 0.6) is 0 Å². The van der Waals surface area contributed by atoms with E-state index >= 15 is 0 Å². The monoisotopic (exact) mass is 458 g/mol. The van der Waals surface area contributed by atoms with Gasteiger partial charge < -0.3 is 15.4 Å². The fourth-order valence-corrected chi connectivity index (χ4v) is 3.70. The Labute approximate surface area is 184 Å². The van der Waals surface area contributed by atoms with Crippen molar-refractivity contribution in [3.8, 4) is 0 Å². The van der Waals surface area contributed by atoms with Crippen LogP contribution in [0.2, 0.25) is 0 Å². The predicted molar refractivity (Wildman–Crippen MR) is 113 cm³/mol. The number of hydrogen-bond donors (Lipinski definition) is 2. The molecule has 0 unspecified atom stereocenters. The van der Waals surface area contributed by atoms with E-state index in [2.05, 4.69) is 25.1 Å². The normalized spacial score (nSPS) is 10.9. The van der Waals surface area contributed by atoms with E-state index in [4.69, 9.17) is 4.74 Å². The first-order chi connectivity index (χ1) is 15.4. The summed E-state index contributed by atoms with van der Waals surface area (Å²) in [6.07, 6.45) is 2.96. The summed E-state index contributed by atoms with van der Waals surface area (Å²) in [5, 5.41) is 10.0. The SMILES string of the molecule is CCOC(=O)c1cnn2ccc(Nc3snc(C)c3C(=O)Nc3ccc(F)c(F)c3)nc12. The smallest absolute Gasteiger partial charge is 0.343 e. The number of esters is 1. The molecule has 3 heterocycles. The fourth-order valence-electron chi connectivity index (χ4n) is 2.90. The highest BCUT2D eigenvalue weighted by atomic mass is 32.1. The molecule has 0 spiro atoms. The number of amides is 1. The molecule has 1 amide bonds. The van der Waals surface area contributed by atoms with Crippen molar-refractivity contribution in [3.63, 3.8) is 0 Å². The molecule has 3 aromatic heterocycles. The van der Waals surface area contributed by atoms with Crippen LogP contribution in [-0.4, -0.2) is 37.5 Å². The van der Waals surface area contributed by atoms with Crippen molar-refractivity contribution in [1.82, 2.24) is 19.0 Å². The van der Waals surface area contributed by atoms with E-state index in [1.807, 2.05) is 0 Å². The minimum atomic E-state index is -1.07. The maximum absolute atomic E-state index is 13.5. The van der Waals surface area contributed by atoms with Crippen LogP contribution >= 0.6 is 11.5 Å². The predicted octanol–water partition coefficient (Wildman–Crippen LogP) is 3.95. The van der Waals surface area contributed by atoms with Crippen molar-refractivity contribution in [3.05, 3.63) is 65.1 Å². The molecule has 0 atom stereocenters. The first kappa shape index (κ1) is 21.3. The van der Waals surface area contributed by atoms with Gasteiger partial charge in [0, 0.05) is 18.0 Å².